The van der Waals surface area contributed by atoms with E-state index in [4.69, 9.17) is 0 Å². The van der Waals surface area contributed by atoms with E-state index in [1.807, 2.05) is 0 Å². The Balaban J connectivity index is 2.10. The summed E-state index contributed by atoms with van der Waals surface area (Å²) in [6.45, 7) is 14.0. The third-order valence-electron chi connectivity index (χ3n) is 3.94. The van der Waals surface area contributed by atoms with Gasteiger partial charge in [0.1, 0.15) is 0 Å². The van der Waals surface area contributed by atoms with Crippen LogP contribution in [0.4, 0.5) is 0 Å². The lowest BCUT2D eigenvalue weighted by Crippen LogP contribution is -2.62. The monoisotopic (exact) mass is 225 g/mol. The molecule has 2 rings (SSSR count). The quantitative estimate of drug-likeness (QED) is 0.709. The predicted molar refractivity (Wildman–Crippen MR) is 68.5 cm³/mol. The summed E-state index contributed by atoms with van der Waals surface area (Å²) in [7, 11) is 0. The Bertz CT molecular complexity index is 244. The Kier molecular flexibility index (Phi) is 3.06. The smallest absolute Gasteiger partial charge is 0.0571 e. The van der Waals surface area contributed by atoms with Gasteiger partial charge in [0.25, 0.3) is 0 Å². The summed E-state index contributed by atoms with van der Waals surface area (Å²) in [6, 6.07) is 0.719. The second kappa shape index (κ2) is 3.97. The van der Waals surface area contributed by atoms with Crippen LogP contribution in [0.1, 0.15) is 47.5 Å². The zero-order chi connectivity index (χ0) is 12.0. The van der Waals surface area contributed by atoms with Gasteiger partial charge in [-0.15, -0.1) is 0 Å². The van der Waals surface area contributed by atoms with Crippen molar-refractivity contribution in [3.63, 3.8) is 0 Å². The Morgan fingerprint density at radius 1 is 1.06 bits per heavy atom. The third kappa shape index (κ3) is 2.58. The van der Waals surface area contributed by atoms with E-state index in [0.29, 0.717) is 6.17 Å². The Morgan fingerprint density at radius 2 is 1.62 bits per heavy atom. The number of nitrogens with one attached hydrogen (secondary N) is 2. The normalized spacial score (nSPS) is 35.4. The topological polar surface area (TPSA) is 27.3 Å². The van der Waals surface area contributed by atoms with Crippen LogP contribution in [0.3, 0.4) is 0 Å². The minimum Gasteiger partial charge on any atom is -0.307 e. The van der Waals surface area contributed by atoms with Gasteiger partial charge in [-0.2, -0.15) is 0 Å². The zero-order valence-corrected chi connectivity index (χ0v) is 11.4. The summed E-state index contributed by atoms with van der Waals surface area (Å²) in [5.74, 6) is 0. The van der Waals surface area contributed by atoms with Crippen molar-refractivity contribution in [2.24, 2.45) is 0 Å². The van der Waals surface area contributed by atoms with E-state index in [1.54, 1.807) is 0 Å². The average molecular weight is 225 g/mol. The fraction of sp³-hybridized carbons (Fsp3) is 1.00. The Morgan fingerprint density at radius 3 is 2.06 bits per heavy atom. The second-order valence-electron chi connectivity index (χ2n) is 6.82. The fourth-order valence-electron chi connectivity index (χ4n) is 3.72. The van der Waals surface area contributed by atoms with Crippen LogP contribution in [0.15, 0.2) is 0 Å². The van der Waals surface area contributed by atoms with Gasteiger partial charge in [-0.1, -0.05) is 0 Å². The number of hydrogen-bond acceptors (Lipinski definition) is 3. The van der Waals surface area contributed by atoms with E-state index in [9.17, 15) is 0 Å². The lowest BCUT2D eigenvalue weighted by atomic mass is 9.79. The van der Waals surface area contributed by atoms with Crippen LogP contribution in [0.5, 0.6) is 0 Å². The van der Waals surface area contributed by atoms with Crippen molar-refractivity contribution < 1.29 is 0 Å². The second-order valence-corrected chi connectivity index (χ2v) is 6.82. The van der Waals surface area contributed by atoms with Crippen LogP contribution in [-0.4, -0.2) is 41.3 Å². The molecule has 1 unspecified atom stereocenters. The molecule has 2 saturated heterocycles. The van der Waals surface area contributed by atoms with Crippen molar-refractivity contribution >= 4 is 0 Å². The van der Waals surface area contributed by atoms with E-state index in [-0.39, 0.29) is 11.1 Å². The van der Waals surface area contributed by atoms with E-state index < -0.39 is 0 Å². The van der Waals surface area contributed by atoms with Crippen LogP contribution in [0, 0.1) is 0 Å². The highest BCUT2D eigenvalue weighted by Gasteiger charge is 2.41. The van der Waals surface area contributed by atoms with Gasteiger partial charge < -0.3 is 10.6 Å². The number of rotatable bonds is 1. The number of hydrogen-bond donors (Lipinski definition) is 2. The number of piperidine rings is 1. The van der Waals surface area contributed by atoms with Crippen molar-refractivity contribution in [1.82, 2.24) is 15.5 Å². The molecule has 0 aromatic heterocycles. The summed E-state index contributed by atoms with van der Waals surface area (Å²) < 4.78 is 0. The van der Waals surface area contributed by atoms with E-state index in [0.717, 1.165) is 12.6 Å². The maximum atomic E-state index is 3.75. The van der Waals surface area contributed by atoms with Crippen molar-refractivity contribution in [1.29, 1.82) is 0 Å². The van der Waals surface area contributed by atoms with E-state index in [1.165, 1.54) is 19.4 Å². The molecule has 3 nitrogen and oxygen atoms in total. The van der Waals surface area contributed by atoms with Crippen molar-refractivity contribution in [3.05, 3.63) is 0 Å². The molecule has 16 heavy (non-hydrogen) atoms. The van der Waals surface area contributed by atoms with Crippen LogP contribution < -0.4 is 10.6 Å². The largest absolute Gasteiger partial charge is 0.307 e. The van der Waals surface area contributed by atoms with Crippen LogP contribution in [0.25, 0.3) is 0 Å². The minimum absolute atomic E-state index is 0.259. The molecule has 0 radical (unpaired) electrons. The molecule has 2 aliphatic heterocycles. The van der Waals surface area contributed by atoms with Gasteiger partial charge in [0.15, 0.2) is 0 Å². The first-order valence-electron chi connectivity index (χ1n) is 6.58. The molecule has 0 aliphatic carbocycles. The van der Waals surface area contributed by atoms with Gasteiger partial charge in [0.2, 0.25) is 0 Å². The Hall–Kier alpha value is -0.120. The molecule has 0 saturated carbocycles. The van der Waals surface area contributed by atoms with Crippen molar-refractivity contribution in [2.75, 3.05) is 13.1 Å². The molecule has 0 aromatic rings. The summed E-state index contributed by atoms with van der Waals surface area (Å²) >= 11 is 0. The average Bonchev–Trinajstić information content (AvgIpc) is 2.45. The van der Waals surface area contributed by atoms with Gasteiger partial charge in [0.05, 0.1) is 6.17 Å². The van der Waals surface area contributed by atoms with Gasteiger partial charge in [0, 0.05) is 30.2 Å². The summed E-state index contributed by atoms with van der Waals surface area (Å²) in [4.78, 5) is 2.64. The first-order valence-corrected chi connectivity index (χ1v) is 6.58. The van der Waals surface area contributed by atoms with E-state index in [2.05, 4.69) is 50.2 Å². The maximum absolute atomic E-state index is 3.75. The van der Waals surface area contributed by atoms with Crippen LogP contribution >= 0.6 is 0 Å². The molecule has 2 fully saturated rings. The SMILES string of the molecule is CC1NCCN1C1CC(C)(C)NC(C)(C)C1. The molecule has 3 heteroatoms. The van der Waals surface area contributed by atoms with Gasteiger partial charge >= 0.3 is 0 Å². The minimum atomic E-state index is 0.259. The molecule has 1 atom stereocenters. The maximum Gasteiger partial charge on any atom is 0.0571 e. The van der Waals surface area contributed by atoms with Gasteiger partial charge in [-0.3, -0.25) is 4.90 Å². The molecular weight excluding hydrogens is 198 g/mol. The standard InChI is InChI=1S/C13H27N3/c1-10-14-6-7-16(10)11-8-12(2,3)15-13(4,5)9-11/h10-11,14-15H,6-9H2,1-5H3. The molecule has 0 amide bonds. The number of nitrogens with zero attached hydrogens (tertiary/aromatic N) is 1. The molecule has 2 N–H and O–H groups in total. The van der Waals surface area contributed by atoms with Gasteiger partial charge in [-0.25, -0.2) is 0 Å². The highest BCUT2D eigenvalue weighted by atomic mass is 15.3. The first kappa shape index (κ1) is 12.3. The highest BCUT2D eigenvalue weighted by Crippen LogP contribution is 2.32. The Labute approximate surface area is 100.0 Å². The van der Waals surface area contributed by atoms with Gasteiger partial charge in [-0.05, 0) is 47.5 Å². The molecular formula is C13H27N3. The predicted octanol–water partition coefficient (Wildman–Crippen LogP) is 1.55. The van der Waals surface area contributed by atoms with E-state index >= 15 is 0 Å². The summed E-state index contributed by atoms with van der Waals surface area (Å²) in [5, 5.41) is 7.28. The fourth-order valence-corrected chi connectivity index (χ4v) is 3.72. The highest BCUT2D eigenvalue weighted by molar-refractivity contribution is 5.01. The summed E-state index contributed by atoms with van der Waals surface area (Å²) in [6.07, 6.45) is 3.06. The van der Waals surface area contributed by atoms with Crippen molar-refractivity contribution in [2.45, 2.75) is 70.7 Å². The van der Waals surface area contributed by atoms with Crippen LogP contribution in [0.2, 0.25) is 0 Å². The molecule has 2 aliphatic rings. The molecule has 0 aromatic carbocycles. The molecule has 0 bridgehead atoms. The van der Waals surface area contributed by atoms with Crippen LogP contribution in [-0.2, 0) is 0 Å². The van der Waals surface area contributed by atoms with Crippen molar-refractivity contribution in [3.8, 4) is 0 Å². The summed E-state index contributed by atoms with van der Waals surface area (Å²) in [5.41, 5.74) is 0.517. The lowest BCUT2D eigenvalue weighted by molar-refractivity contribution is 0.0602. The molecule has 2 heterocycles. The first-order chi connectivity index (χ1) is 7.29. The lowest BCUT2D eigenvalue weighted by Gasteiger charge is -2.49. The molecule has 0 spiro atoms. The third-order valence-corrected chi connectivity index (χ3v) is 3.94. The molecule has 94 valence electrons. The zero-order valence-electron chi connectivity index (χ0n) is 11.4.